The maximum Gasteiger partial charge on any atom is 0.258 e. The van der Waals surface area contributed by atoms with Gasteiger partial charge in [0.05, 0.1) is 23.2 Å². The van der Waals surface area contributed by atoms with Crippen LogP contribution in [-0.4, -0.2) is 25.7 Å². The molecular weight excluding hydrogens is 364 g/mol. The van der Waals surface area contributed by atoms with E-state index >= 15 is 0 Å². The molecule has 3 aromatic heterocycles. The zero-order valence-corrected chi connectivity index (χ0v) is 17.2. The molecule has 0 spiro atoms. The molecule has 0 aromatic carbocycles. The van der Waals surface area contributed by atoms with Crippen LogP contribution in [0.15, 0.2) is 42.5 Å². The molecule has 3 aromatic rings. The molecule has 7 heteroatoms. The van der Waals surface area contributed by atoms with Gasteiger partial charge in [0.15, 0.2) is 5.82 Å². The smallest absolute Gasteiger partial charge is 0.258 e. The highest BCUT2D eigenvalue weighted by Crippen LogP contribution is 2.36. The predicted molar refractivity (Wildman–Crippen MR) is 114 cm³/mol. The van der Waals surface area contributed by atoms with Gasteiger partial charge in [-0.1, -0.05) is 0 Å². The Bertz CT molecular complexity index is 1140. The number of pyridine rings is 2. The van der Waals surface area contributed by atoms with E-state index < -0.39 is 0 Å². The number of aromatic nitrogens is 4. The lowest BCUT2D eigenvalue weighted by Crippen LogP contribution is -2.09. The number of amides is 1. The first-order valence-corrected chi connectivity index (χ1v) is 9.62. The summed E-state index contributed by atoms with van der Waals surface area (Å²) in [6, 6.07) is 6.14. The van der Waals surface area contributed by atoms with Crippen molar-refractivity contribution in [3.8, 4) is 11.3 Å². The van der Waals surface area contributed by atoms with E-state index in [1.807, 2.05) is 43.7 Å². The molecule has 7 nitrogen and oxygen atoms in total. The second-order valence-electron chi connectivity index (χ2n) is 7.59. The van der Waals surface area contributed by atoms with E-state index in [4.69, 9.17) is 0 Å². The summed E-state index contributed by atoms with van der Waals surface area (Å²) in [5.74, 6) is 0.576. The van der Waals surface area contributed by atoms with Crippen LogP contribution < -0.4 is 10.6 Å². The Hall–Kier alpha value is -3.48. The SMILES string of the molecule is CC(Nc1cc(C)n(C(C)C)n1)=C1C(=O)Nc2cnc(-c3cnccc3C)cc21. The third-order valence-electron chi connectivity index (χ3n) is 5.07. The van der Waals surface area contributed by atoms with Gasteiger partial charge in [0.25, 0.3) is 5.91 Å². The van der Waals surface area contributed by atoms with Gasteiger partial charge in [-0.25, -0.2) is 0 Å². The largest absolute Gasteiger partial charge is 0.342 e. The van der Waals surface area contributed by atoms with Crippen LogP contribution >= 0.6 is 0 Å². The van der Waals surface area contributed by atoms with Crippen LogP contribution in [0.3, 0.4) is 0 Å². The minimum Gasteiger partial charge on any atom is -0.342 e. The average molecular weight is 388 g/mol. The summed E-state index contributed by atoms with van der Waals surface area (Å²) in [6.07, 6.45) is 5.26. The second kappa shape index (κ2) is 7.16. The van der Waals surface area contributed by atoms with Crippen molar-refractivity contribution < 1.29 is 4.79 Å². The summed E-state index contributed by atoms with van der Waals surface area (Å²) in [7, 11) is 0. The Morgan fingerprint density at radius 3 is 2.66 bits per heavy atom. The zero-order chi connectivity index (χ0) is 20.7. The van der Waals surface area contributed by atoms with Gasteiger partial charge in [0.1, 0.15) is 0 Å². The number of aryl methyl sites for hydroxylation is 2. The van der Waals surface area contributed by atoms with Gasteiger partial charge in [-0.3, -0.25) is 19.4 Å². The number of hydrogen-bond donors (Lipinski definition) is 2. The van der Waals surface area contributed by atoms with Crippen molar-refractivity contribution in [3.05, 3.63) is 59.3 Å². The first-order valence-electron chi connectivity index (χ1n) is 9.62. The normalized spacial score (nSPS) is 14.8. The molecule has 4 heterocycles. The highest BCUT2D eigenvalue weighted by Gasteiger charge is 2.28. The summed E-state index contributed by atoms with van der Waals surface area (Å²) in [5.41, 5.74) is 6.77. The number of hydrogen-bond acceptors (Lipinski definition) is 5. The minimum atomic E-state index is -0.146. The van der Waals surface area contributed by atoms with Gasteiger partial charge in [-0.15, -0.1) is 0 Å². The summed E-state index contributed by atoms with van der Waals surface area (Å²) in [6.45, 7) is 10.1. The van der Waals surface area contributed by atoms with Crippen LogP contribution in [0.25, 0.3) is 16.8 Å². The van der Waals surface area contributed by atoms with Crippen LogP contribution in [0, 0.1) is 13.8 Å². The van der Waals surface area contributed by atoms with Gasteiger partial charge < -0.3 is 10.6 Å². The first-order chi connectivity index (χ1) is 13.8. The van der Waals surface area contributed by atoms with E-state index in [0.29, 0.717) is 11.3 Å². The standard InChI is InChI=1S/C22H24N6O/c1-12(2)28-14(4)8-20(27-28)25-15(5)21-16-9-18(17-10-23-7-6-13(17)3)24-11-19(16)26-22(21)29/h6-12H,1-5H3,(H,25,27)(H,26,29). The first kappa shape index (κ1) is 18.9. The fraction of sp³-hybridized carbons (Fsp3) is 0.273. The van der Waals surface area contributed by atoms with E-state index in [-0.39, 0.29) is 11.9 Å². The Morgan fingerprint density at radius 2 is 1.97 bits per heavy atom. The van der Waals surface area contributed by atoms with Crippen molar-refractivity contribution in [1.82, 2.24) is 19.7 Å². The number of allylic oxidation sites excluding steroid dienone is 1. The van der Waals surface area contributed by atoms with E-state index in [1.165, 1.54) is 0 Å². The lowest BCUT2D eigenvalue weighted by atomic mass is 10.0. The van der Waals surface area contributed by atoms with Gasteiger partial charge in [0, 0.05) is 47.0 Å². The third-order valence-corrected chi connectivity index (χ3v) is 5.07. The summed E-state index contributed by atoms with van der Waals surface area (Å²) >= 11 is 0. The number of nitrogens with zero attached hydrogens (tertiary/aromatic N) is 4. The van der Waals surface area contributed by atoms with E-state index in [2.05, 4.69) is 39.5 Å². The van der Waals surface area contributed by atoms with E-state index in [0.717, 1.165) is 39.6 Å². The van der Waals surface area contributed by atoms with Crippen molar-refractivity contribution in [1.29, 1.82) is 0 Å². The van der Waals surface area contributed by atoms with Crippen molar-refractivity contribution >= 4 is 23.0 Å². The van der Waals surface area contributed by atoms with E-state index in [1.54, 1.807) is 18.6 Å². The monoisotopic (exact) mass is 388 g/mol. The molecule has 0 aliphatic carbocycles. The van der Waals surface area contributed by atoms with Crippen molar-refractivity contribution in [2.24, 2.45) is 0 Å². The Morgan fingerprint density at radius 1 is 1.17 bits per heavy atom. The molecule has 2 N–H and O–H groups in total. The molecule has 1 amide bonds. The van der Waals surface area contributed by atoms with Gasteiger partial charge >= 0.3 is 0 Å². The zero-order valence-electron chi connectivity index (χ0n) is 17.2. The Balaban J connectivity index is 1.74. The highest BCUT2D eigenvalue weighted by molar-refractivity contribution is 6.32. The molecule has 0 atom stereocenters. The fourth-order valence-corrected chi connectivity index (χ4v) is 3.65. The maximum absolute atomic E-state index is 12.7. The molecule has 0 unspecified atom stereocenters. The topological polar surface area (TPSA) is 84.7 Å². The lowest BCUT2D eigenvalue weighted by molar-refractivity contribution is -0.110. The molecule has 4 rings (SSSR count). The molecule has 0 bridgehead atoms. The predicted octanol–water partition coefficient (Wildman–Crippen LogP) is 4.33. The highest BCUT2D eigenvalue weighted by atomic mass is 16.2. The minimum absolute atomic E-state index is 0.146. The van der Waals surface area contributed by atoms with Gasteiger partial charge in [0.2, 0.25) is 0 Å². The van der Waals surface area contributed by atoms with E-state index in [9.17, 15) is 4.79 Å². The van der Waals surface area contributed by atoms with Crippen LogP contribution in [0.4, 0.5) is 11.5 Å². The summed E-state index contributed by atoms with van der Waals surface area (Å²) < 4.78 is 1.95. The van der Waals surface area contributed by atoms with Crippen molar-refractivity contribution in [2.45, 2.75) is 40.7 Å². The van der Waals surface area contributed by atoms with Crippen LogP contribution in [0.5, 0.6) is 0 Å². The Kier molecular flexibility index (Phi) is 4.66. The van der Waals surface area contributed by atoms with Crippen LogP contribution in [0.2, 0.25) is 0 Å². The van der Waals surface area contributed by atoms with Gasteiger partial charge in [-0.05, 0) is 52.3 Å². The summed E-state index contributed by atoms with van der Waals surface area (Å²) in [4.78, 5) is 21.4. The number of carbonyl (C=O) groups excluding carboxylic acids is 1. The maximum atomic E-state index is 12.7. The summed E-state index contributed by atoms with van der Waals surface area (Å²) in [5, 5.41) is 10.8. The molecular formula is C22H24N6O. The molecule has 1 aliphatic heterocycles. The van der Waals surface area contributed by atoms with Crippen molar-refractivity contribution in [2.75, 3.05) is 10.6 Å². The molecule has 0 fully saturated rings. The molecule has 0 radical (unpaired) electrons. The van der Waals surface area contributed by atoms with Crippen LogP contribution in [-0.2, 0) is 4.79 Å². The number of anilines is 2. The van der Waals surface area contributed by atoms with Crippen molar-refractivity contribution in [3.63, 3.8) is 0 Å². The molecule has 29 heavy (non-hydrogen) atoms. The number of rotatable bonds is 4. The average Bonchev–Trinajstić information content (AvgIpc) is 3.20. The fourth-order valence-electron chi connectivity index (χ4n) is 3.65. The molecule has 1 aliphatic rings. The lowest BCUT2D eigenvalue weighted by Gasteiger charge is -2.10. The molecule has 148 valence electrons. The Labute approximate surface area is 169 Å². The number of carbonyl (C=O) groups is 1. The second-order valence-corrected chi connectivity index (χ2v) is 7.59. The number of nitrogens with one attached hydrogen (secondary N) is 2. The quantitative estimate of drug-likeness (QED) is 0.650. The third kappa shape index (κ3) is 3.40. The van der Waals surface area contributed by atoms with Crippen LogP contribution in [0.1, 0.15) is 43.6 Å². The molecule has 0 saturated heterocycles. The molecule has 0 saturated carbocycles. The van der Waals surface area contributed by atoms with Gasteiger partial charge in [-0.2, -0.15) is 5.10 Å². The number of fused-ring (bicyclic) bond motifs is 1.